The Morgan fingerprint density at radius 3 is 2.38 bits per heavy atom. The summed E-state index contributed by atoms with van der Waals surface area (Å²) in [5.41, 5.74) is 2.21. The molecule has 1 aromatic rings. The summed E-state index contributed by atoms with van der Waals surface area (Å²) in [4.78, 5) is 11.5. The fraction of sp³-hybridized carbons (Fsp3) is 0.588. The second-order valence-corrected chi connectivity index (χ2v) is 6.49. The van der Waals surface area contributed by atoms with Crippen LogP contribution in [0.5, 0.6) is 0 Å². The number of carbonyl (C=O) groups is 1. The van der Waals surface area contributed by atoms with Crippen LogP contribution in [-0.2, 0) is 22.5 Å². The first-order chi connectivity index (χ1) is 10.1. The van der Waals surface area contributed by atoms with Crippen molar-refractivity contribution in [3.63, 3.8) is 0 Å². The Labute approximate surface area is 132 Å². The molecule has 118 valence electrons. The Morgan fingerprint density at radius 2 is 1.86 bits per heavy atom. The van der Waals surface area contributed by atoms with E-state index >= 15 is 0 Å². The molecule has 0 amide bonds. The van der Waals surface area contributed by atoms with Gasteiger partial charge in [0.05, 0.1) is 13.5 Å². The van der Waals surface area contributed by atoms with E-state index in [9.17, 15) is 4.79 Å². The van der Waals surface area contributed by atoms with Crippen molar-refractivity contribution >= 4 is 17.7 Å². The third-order valence-corrected chi connectivity index (χ3v) is 5.75. The van der Waals surface area contributed by atoms with E-state index in [4.69, 9.17) is 4.74 Å². The lowest BCUT2D eigenvalue weighted by molar-refractivity contribution is -0.139. The number of benzene rings is 1. The smallest absolute Gasteiger partial charge is 0.309 e. The van der Waals surface area contributed by atoms with Crippen molar-refractivity contribution in [2.75, 3.05) is 19.9 Å². The number of hydrogen-bond donors (Lipinski definition) is 1. The average Bonchev–Trinajstić information content (AvgIpc) is 2.53. The quantitative estimate of drug-likeness (QED) is 0.709. The van der Waals surface area contributed by atoms with Gasteiger partial charge in [-0.1, -0.05) is 38.1 Å². The zero-order chi connectivity index (χ0) is 15.7. The summed E-state index contributed by atoms with van der Waals surface area (Å²) >= 11 is 1.93. The van der Waals surface area contributed by atoms with E-state index in [-0.39, 0.29) is 5.97 Å². The van der Waals surface area contributed by atoms with Crippen LogP contribution in [0.4, 0.5) is 0 Å². The van der Waals surface area contributed by atoms with Crippen LogP contribution < -0.4 is 5.32 Å². The lowest BCUT2D eigenvalue weighted by Crippen LogP contribution is -2.36. The van der Waals surface area contributed by atoms with Crippen LogP contribution in [0.25, 0.3) is 0 Å². The second-order valence-electron chi connectivity index (χ2n) is 5.22. The van der Waals surface area contributed by atoms with Gasteiger partial charge in [-0.15, -0.1) is 0 Å². The Hall–Kier alpha value is -1.00. The zero-order valence-electron chi connectivity index (χ0n) is 13.6. The summed E-state index contributed by atoms with van der Waals surface area (Å²) in [5.74, 6) is -0.192. The Balaban J connectivity index is 2.65. The molecule has 1 N–H and O–H groups in total. The summed E-state index contributed by atoms with van der Waals surface area (Å²) in [5, 5.41) is 3.55. The van der Waals surface area contributed by atoms with Gasteiger partial charge in [-0.3, -0.25) is 4.79 Å². The summed E-state index contributed by atoms with van der Waals surface area (Å²) in [6.07, 6.45) is 4.83. The number of carbonyl (C=O) groups excluding carboxylic acids is 1. The fourth-order valence-corrected chi connectivity index (χ4v) is 3.24. The van der Waals surface area contributed by atoms with Crippen LogP contribution in [0.2, 0.25) is 0 Å². The number of rotatable bonds is 9. The summed E-state index contributed by atoms with van der Waals surface area (Å²) in [6, 6.07) is 8.05. The molecule has 0 heterocycles. The molecule has 21 heavy (non-hydrogen) atoms. The average molecular weight is 309 g/mol. The standard InChI is InChI=1S/C17H27NO2S/c1-5-17(6-2,21-4)13-18-12-15-10-8-7-9-14(15)11-16(19)20-3/h7-10,18H,5-6,11-13H2,1-4H3. The topological polar surface area (TPSA) is 38.3 Å². The van der Waals surface area contributed by atoms with Crippen molar-refractivity contribution in [1.82, 2.24) is 5.32 Å². The maximum atomic E-state index is 11.5. The molecule has 4 heteroatoms. The SMILES string of the molecule is CCC(CC)(CNCc1ccccc1CC(=O)OC)SC. The molecule has 1 rings (SSSR count). The van der Waals surface area contributed by atoms with Crippen molar-refractivity contribution in [3.05, 3.63) is 35.4 Å². The first-order valence-corrected chi connectivity index (χ1v) is 8.72. The zero-order valence-corrected chi connectivity index (χ0v) is 14.4. The molecule has 0 atom stereocenters. The number of nitrogens with one attached hydrogen (secondary N) is 1. The largest absolute Gasteiger partial charge is 0.469 e. The van der Waals surface area contributed by atoms with Crippen LogP contribution in [-0.4, -0.2) is 30.6 Å². The van der Waals surface area contributed by atoms with E-state index in [1.54, 1.807) is 0 Å². The maximum absolute atomic E-state index is 11.5. The molecule has 3 nitrogen and oxygen atoms in total. The highest BCUT2D eigenvalue weighted by Gasteiger charge is 2.24. The third-order valence-electron chi connectivity index (χ3n) is 4.17. The summed E-state index contributed by atoms with van der Waals surface area (Å²) < 4.78 is 5.06. The van der Waals surface area contributed by atoms with Crippen molar-refractivity contribution < 1.29 is 9.53 Å². The van der Waals surface area contributed by atoms with Crippen LogP contribution >= 0.6 is 11.8 Å². The van der Waals surface area contributed by atoms with Gasteiger partial charge >= 0.3 is 5.97 Å². The minimum absolute atomic E-state index is 0.192. The predicted molar refractivity (Wildman–Crippen MR) is 90.7 cm³/mol. The van der Waals surface area contributed by atoms with Gasteiger partial charge in [-0.25, -0.2) is 0 Å². The van der Waals surface area contributed by atoms with E-state index in [0.29, 0.717) is 11.2 Å². The molecule has 0 bridgehead atoms. The molecular formula is C17H27NO2S. The molecule has 0 radical (unpaired) electrons. The Bertz CT molecular complexity index is 436. The van der Waals surface area contributed by atoms with Gasteiger partial charge in [0.1, 0.15) is 0 Å². The number of thioether (sulfide) groups is 1. The van der Waals surface area contributed by atoms with Gasteiger partial charge in [0.25, 0.3) is 0 Å². The number of methoxy groups -OCH3 is 1. The number of esters is 1. The lowest BCUT2D eigenvalue weighted by Gasteiger charge is -2.30. The Kier molecular flexibility index (Phi) is 7.83. The molecule has 0 aliphatic rings. The van der Waals surface area contributed by atoms with Crippen LogP contribution in [0, 0.1) is 0 Å². The van der Waals surface area contributed by atoms with Gasteiger partial charge in [0.15, 0.2) is 0 Å². The van der Waals surface area contributed by atoms with E-state index in [0.717, 1.165) is 31.5 Å². The highest BCUT2D eigenvalue weighted by molar-refractivity contribution is 8.00. The molecule has 0 aliphatic heterocycles. The van der Waals surface area contributed by atoms with E-state index in [1.165, 1.54) is 12.7 Å². The third kappa shape index (κ3) is 5.36. The first kappa shape index (κ1) is 18.1. The first-order valence-electron chi connectivity index (χ1n) is 7.50. The van der Waals surface area contributed by atoms with Crippen LogP contribution in [0.15, 0.2) is 24.3 Å². The lowest BCUT2D eigenvalue weighted by atomic mass is 10.0. The predicted octanol–water partition coefficient (Wildman–Crippen LogP) is 3.41. The fourth-order valence-electron chi connectivity index (χ4n) is 2.42. The molecule has 0 aromatic heterocycles. The molecule has 0 saturated heterocycles. The molecular weight excluding hydrogens is 282 g/mol. The minimum Gasteiger partial charge on any atom is -0.469 e. The van der Waals surface area contributed by atoms with Crippen LogP contribution in [0.1, 0.15) is 37.8 Å². The van der Waals surface area contributed by atoms with Crippen LogP contribution in [0.3, 0.4) is 0 Å². The highest BCUT2D eigenvalue weighted by Crippen LogP contribution is 2.29. The van der Waals surface area contributed by atoms with Crippen molar-refractivity contribution in [2.45, 2.75) is 44.4 Å². The number of ether oxygens (including phenoxy) is 1. The van der Waals surface area contributed by atoms with Gasteiger partial charge in [0.2, 0.25) is 0 Å². The van der Waals surface area contributed by atoms with Gasteiger partial charge < -0.3 is 10.1 Å². The van der Waals surface area contributed by atoms with Crippen molar-refractivity contribution in [2.24, 2.45) is 0 Å². The second kappa shape index (κ2) is 9.11. The van der Waals surface area contributed by atoms with E-state index in [1.807, 2.05) is 30.0 Å². The monoisotopic (exact) mass is 309 g/mol. The molecule has 0 saturated carbocycles. The molecule has 0 fully saturated rings. The van der Waals surface area contributed by atoms with Crippen molar-refractivity contribution in [1.29, 1.82) is 0 Å². The summed E-state index contributed by atoms with van der Waals surface area (Å²) in [6.45, 7) is 6.25. The Morgan fingerprint density at radius 1 is 1.24 bits per heavy atom. The van der Waals surface area contributed by atoms with Gasteiger partial charge in [-0.2, -0.15) is 11.8 Å². The molecule has 0 unspecified atom stereocenters. The van der Waals surface area contributed by atoms with E-state index < -0.39 is 0 Å². The molecule has 0 spiro atoms. The number of hydrogen-bond acceptors (Lipinski definition) is 4. The molecule has 0 aliphatic carbocycles. The summed E-state index contributed by atoms with van der Waals surface area (Å²) in [7, 11) is 1.43. The minimum atomic E-state index is -0.192. The maximum Gasteiger partial charge on any atom is 0.309 e. The van der Waals surface area contributed by atoms with Crippen molar-refractivity contribution in [3.8, 4) is 0 Å². The van der Waals surface area contributed by atoms with Gasteiger partial charge in [0, 0.05) is 17.8 Å². The highest BCUT2D eigenvalue weighted by atomic mass is 32.2. The van der Waals surface area contributed by atoms with E-state index in [2.05, 4.69) is 31.5 Å². The van der Waals surface area contributed by atoms with Gasteiger partial charge in [-0.05, 0) is 30.2 Å². The normalized spacial score (nSPS) is 11.4. The molecule has 1 aromatic carbocycles.